The van der Waals surface area contributed by atoms with E-state index >= 15 is 0 Å². The first-order valence-corrected chi connectivity index (χ1v) is 10.4. The average molecular weight is 398 g/mol. The van der Waals surface area contributed by atoms with E-state index in [0.717, 1.165) is 30.4 Å². The molecule has 1 aliphatic heterocycles. The van der Waals surface area contributed by atoms with E-state index in [-0.39, 0.29) is 40.5 Å². The van der Waals surface area contributed by atoms with Gasteiger partial charge in [-0.3, -0.25) is 0 Å². The van der Waals surface area contributed by atoms with Crippen molar-refractivity contribution in [2.75, 3.05) is 6.61 Å². The van der Waals surface area contributed by atoms with Crippen molar-refractivity contribution in [2.45, 2.75) is 52.4 Å². The summed E-state index contributed by atoms with van der Waals surface area (Å²) in [4.78, 5) is 12.6. The number of phenolic OH excluding ortho intramolecular Hbond substituents is 1. The molecule has 0 aromatic heterocycles. The van der Waals surface area contributed by atoms with Crippen molar-refractivity contribution >= 4 is 12.0 Å². The molecule has 3 aliphatic rings. The highest BCUT2D eigenvalue weighted by molar-refractivity contribution is 5.87. The molecule has 0 spiro atoms. The van der Waals surface area contributed by atoms with Gasteiger partial charge in [0.1, 0.15) is 11.9 Å². The molecule has 2 N–H and O–H groups in total. The number of hydrogen-bond acceptors (Lipinski definition) is 5. The number of ether oxygens (including phenoxy) is 2. The van der Waals surface area contributed by atoms with Crippen LogP contribution in [0.1, 0.15) is 45.6 Å². The topological polar surface area (TPSA) is 76.0 Å². The Morgan fingerprint density at radius 2 is 1.93 bits per heavy atom. The predicted molar refractivity (Wildman–Crippen MR) is 110 cm³/mol. The number of benzene rings is 1. The largest absolute Gasteiger partial charge is 0.508 e. The van der Waals surface area contributed by atoms with E-state index in [0.29, 0.717) is 6.61 Å². The molecule has 1 heterocycles. The van der Waals surface area contributed by atoms with E-state index in [1.165, 1.54) is 6.08 Å². The molecular formula is C24H30O5. The van der Waals surface area contributed by atoms with Gasteiger partial charge in [-0.1, -0.05) is 39.3 Å². The first-order chi connectivity index (χ1) is 13.7. The van der Waals surface area contributed by atoms with Crippen LogP contribution in [0, 0.1) is 22.7 Å². The lowest BCUT2D eigenvalue weighted by molar-refractivity contribution is -0.173. The van der Waals surface area contributed by atoms with E-state index in [9.17, 15) is 15.0 Å². The number of aliphatic hydroxyl groups excluding tert-OH is 1. The molecule has 29 heavy (non-hydrogen) atoms. The van der Waals surface area contributed by atoms with Gasteiger partial charge in [-0.05, 0) is 59.1 Å². The van der Waals surface area contributed by atoms with E-state index in [1.807, 2.05) is 6.08 Å². The number of phenols is 1. The van der Waals surface area contributed by atoms with Crippen LogP contribution in [0.25, 0.3) is 6.08 Å². The van der Waals surface area contributed by atoms with Gasteiger partial charge in [0.05, 0.1) is 6.61 Å². The number of fused-ring (bicyclic) bond motifs is 3. The van der Waals surface area contributed by atoms with Crippen LogP contribution in [-0.2, 0) is 14.3 Å². The molecule has 156 valence electrons. The lowest BCUT2D eigenvalue weighted by Gasteiger charge is -2.57. The summed E-state index contributed by atoms with van der Waals surface area (Å²) in [5, 5.41) is 19.9. The molecule has 1 saturated heterocycles. The number of aliphatic hydroxyl groups is 1. The van der Waals surface area contributed by atoms with Crippen molar-refractivity contribution < 1.29 is 24.5 Å². The van der Waals surface area contributed by atoms with Crippen LogP contribution >= 0.6 is 0 Å². The van der Waals surface area contributed by atoms with Crippen LogP contribution in [0.2, 0.25) is 0 Å². The van der Waals surface area contributed by atoms with Crippen LogP contribution in [-0.4, -0.2) is 35.2 Å². The van der Waals surface area contributed by atoms with Gasteiger partial charge >= 0.3 is 5.97 Å². The summed E-state index contributed by atoms with van der Waals surface area (Å²) < 4.78 is 11.5. The number of hydrogen-bond donors (Lipinski definition) is 2. The molecule has 5 unspecified atom stereocenters. The molecular weight excluding hydrogens is 368 g/mol. The Balaban J connectivity index is 1.60. The Morgan fingerprint density at radius 3 is 2.66 bits per heavy atom. The van der Waals surface area contributed by atoms with E-state index < -0.39 is 6.29 Å². The third kappa shape index (κ3) is 3.62. The summed E-state index contributed by atoms with van der Waals surface area (Å²) in [5.41, 5.74) is 1.68. The number of esters is 1. The van der Waals surface area contributed by atoms with Gasteiger partial charge in [-0.25, -0.2) is 4.79 Å². The highest BCUT2D eigenvalue weighted by Gasteiger charge is 2.60. The summed E-state index contributed by atoms with van der Waals surface area (Å²) >= 11 is 0. The second kappa shape index (κ2) is 7.29. The summed E-state index contributed by atoms with van der Waals surface area (Å²) in [6.45, 7) is 7.10. The molecule has 1 aromatic rings. The number of carbonyl (C=O) groups excluding carboxylic acids is 1. The normalized spacial score (nSPS) is 35.7. The third-order valence-electron chi connectivity index (χ3n) is 7.17. The van der Waals surface area contributed by atoms with E-state index in [2.05, 4.69) is 20.8 Å². The van der Waals surface area contributed by atoms with Gasteiger partial charge in [0.2, 0.25) is 0 Å². The first kappa shape index (κ1) is 20.2. The Labute approximate surface area is 172 Å². The van der Waals surface area contributed by atoms with Crippen LogP contribution < -0.4 is 0 Å². The Bertz CT molecular complexity index is 837. The SMILES string of the molecule is CC1(C)CCCC2(C)C3C(=CC(OC(=O)C=Cc4ccc(O)cc4)C12)COC3O. The van der Waals surface area contributed by atoms with E-state index in [1.54, 1.807) is 30.3 Å². The lowest BCUT2D eigenvalue weighted by atomic mass is 9.48. The highest BCUT2D eigenvalue weighted by Crippen LogP contribution is 2.62. The maximum absolute atomic E-state index is 12.6. The monoisotopic (exact) mass is 398 g/mol. The summed E-state index contributed by atoms with van der Waals surface area (Å²) in [7, 11) is 0. The standard InChI is InChI=1S/C24H30O5/c1-23(2)11-4-12-24(3)20-16(14-28-22(20)27)13-18(21(23)24)29-19(26)10-7-15-5-8-17(25)9-6-15/h5-10,13,18,20-22,25,27H,4,11-12,14H2,1-3H3. The molecule has 0 amide bonds. The van der Waals surface area contributed by atoms with Crippen molar-refractivity contribution in [1.29, 1.82) is 0 Å². The lowest BCUT2D eigenvalue weighted by Crippen LogP contribution is -2.56. The van der Waals surface area contributed by atoms with E-state index in [4.69, 9.17) is 9.47 Å². The quantitative estimate of drug-likeness (QED) is 0.456. The number of rotatable bonds is 3. The minimum absolute atomic E-state index is 0.0110. The van der Waals surface area contributed by atoms with Crippen molar-refractivity contribution in [2.24, 2.45) is 22.7 Å². The summed E-state index contributed by atoms with van der Waals surface area (Å²) in [5.74, 6) is -0.121. The highest BCUT2D eigenvalue weighted by atomic mass is 16.6. The molecule has 4 rings (SSSR count). The molecule has 5 atom stereocenters. The van der Waals surface area contributed by atoms with Gasteiger partial charge < -0.3 is 19.7 Å². The summed E-state index contributed by atoms with van der Waals surface area (Å²) in [6, 6.07) is 6.64. The van der Waals surface area contributed by atoms with Gasteiger partial charge in [0.25, 0.3) is 0 Å². The Morgan fingerprint density at radius 1 is 1.21 bits per heavy atom. The molecule has 1 aromatic carbocycles. The fourth-order valence-electron chi connectivity index (χ4n) is 6.08. The molecule has 1 saturated carbocycles. The second-order valence-electron chi connectivity index (χ2n) is 9.57. The maximum Gasteiger partial charge on any atom is 0.331 e. The van der Waals surface area contributed by atoms with Crippen molar-refractivity contribution in [3.8, 4) is 5.75 Å². The fourth-order valence-corrected chi connectivity index (χ4v) is 6.08. The minimum atomic E-state index is -0.784. The molecule has 2 fully saturated rings. The third-order valence-corrected chi connectivity index (χ3v) is 7.17. The fraction of sp³-hybridized carbons (Fsp3) is 0.542. The maximum atomic E-state index is 12.6. The Kier molecular flexibility index (Phi) is 5.07. The molecule has 5 heteroatoms. The summed E-state index contributed by atoms with van der Waals surface area (Å²) in [6.07, 6.45) is 7.17. The van der Waals surface area contributed by atoms with Gasteiger partial charge in [-0.15, -0.1) is 0 Å². The van der Waals surface area contributed by atoms with Crippen LogP contribution in [0.15, 0.2) is 42.0 Å². The van der Waals surface area contributed by atoms with Crippen molar-refractivity contribution in [3.05, 3.63) is 47.6 Å². The van der Waals surface area contributed by atoms with Gasteiger partial charge in [-0.2, -0.15) is 0 Å². The molecule has 2 aliphatic carbocycles. The predicted octanol–water partition coefficient (Wildman–Crippen LogP) is 4.05. The number of carbonyl (C=O) groups is 1. The van der Waals surface area contributed by atoms with Crippen LogP contribution in [0.3, 0.4) is 0 Å². The van der Waals surface area contributed by atoms with Crippen molar-refractivity contribution in [1.82, 2.24) is 0 Å². The zero-order valence-corrected chi connectivity index (χ0v) is 17.3. The molecule has 5 nitrogen and oxygen atoms in total. The average Bonchev–Trinajstić information content (AvgIpc) is 3.02. The first-order valence-electron chi connectivity index (χ1n) is 10.4. The van der Waals surface area contributed by atoms with Crippen LogP contribution in [0.4, 0.5) is 0 Å². The molecule has 0 bridgehead atoms. The van der Waals surface area contributed by atoms with Crippen molar-refractivity contribution in [3.63, 3.8) is 0 Å². The zero-order chi connectivity index (χ0) is 20.8. The zero-order valence-electron chi connectivity index (χ0n) is 17.3. The van der Waals surface area contributed by atoms with Crippen LogP contribution in [0.5, 0.6) is 5.75 Å². The minimum Gasteiger partial charge on any atom is -0.508 e. The Hall–Kier alpha value is -2.11. The van der Waals surface area contributed by atoms with Gasteiger partial charge in [0, 0.05) is 17.9 Å². The van der Waals surface area contributed by atoms with Gasteiger partial charge in [0.15, 0.2) is 6.29 Å². The smallest absolute Gasteiger partial charge is 0.331 e. The molecule has 0 radical (unpaired) electrons. The number of aromatic hydroxyl groups is 1. The second-order valence-corrected chi connectivity index (χ2v) is 9.57.